The van der Waals surface area contributed by atoms with Crippen LogP contribution >= 0.6 is 0 Å². The largest absolute Gasteiger partial charge is 0.373 e. The Bertz CT molecular complexity index is 348. The lowest BCUT2D eigenvalue weighted by Gasteiger charge is -2.18. The lowest BCUT2D eigenvalue weighted by atomic mass is 9.96. The minimum atomic E-state index is 0.229. The molecule has 1 aromatic heterocycles. The topological polar surface area (TPSA) is 39.1 Å². The van der Waals surface area contributed by atoms with Crippen LogP contribution in [0, 0.1) is 12.8 Å². The van der Waals surface area contributed by atoms with Crippen LogP contribution in [0.25, 0.3) is 0 Å². The predicted octanol–water partition coefficient (Wildman–Crippen LogP) is 1.42. The third-order valence-corrected chi connectivity index (χ3v) is 3.45. The molecule has 1 fully saturated rings. The minimum absolute atomic E-state index is 0.229. The third kappa shape index (κ3) is 2.13. The highest BCUT2D eigenvalue weighted by molar-refractivity contribution is 5.20. The van der Waals surface area contributed by atoms with Crippen LogP contribution < -0.4 is 5.32 Å². The van der Waals surface area contributed by atoms with E-state index in [1.165, 1.54) is 11.3 Å². The molecule has 90 valence electrons. The van der Waals surface area contributed by atoms with Gasteiger partial charge in [-0.1, -0.05) is 6.92 Å². The monoisotopic (exact) mass is 223 g/mol. The second-order valence-corrected chi connectivity index (χ2v) is 4.46. The molecule has 1 aliphatic rings. The van der Waals surface area contributed by atoms with Crippen LogP contribution in [-0.2, 0) is 11.8 Å². The van der Waals surface area contributed by atoms with Crippen molar-refractivity contribution in [3.63, 3.8) is 0 Å². The summed E-state index contributed by atoms with van der Waals surface area (Å²) in [5.74, 6) is 0.586. The van der Waals surface area contributed by atoms with E-state index in [1.807, 2.05) is 17.9 Å². The summed E-state index contributed by atoms with van der Waals surface area (Å²) in [4.78, 5) is 0. The number of hydrogen-bond acceptors (Lipinski definition) is 3. The maximum Gasteiger partial charge on any atom is 0.0899 e. The van der Waals surface area contributed by atoms with E-state index in [-0.39, 0.29) is 6.10 Å². The van der Waals surface area contributed by atoms with E-state index in [0.717, 1.165) is 26.1 Å². The van der Waals surface area contributed by atoms with Gasteiger partial charge in [0.15, 0.2) is 0 Å². The number of hydrogen-bond donors (Lipinski definition) is 1. The average Bonchev–Trinajstić information content (AvgIpc) is 2.85. The van der Waals surface area contributed by atoms with E-state index in [0.29, 0.717) is 5.92 Å². The summed E-state index contributed by atoms with van der Waals surface area (Å²) in [5.41, 5.74) is 2.47. The minimum Gasteiger partial charge on any atom is -0.373 e. The van der Waals surface area contributed by atoms with Gasteiger partial charge in [0.05, 0.1) is 12.3 Å². The fraction of sp³-hybridized carbons (Fsp3) is 0.750. The smallest absolute Gasteiger partial charge is 0.0899 e. The lowest BCUT2D eigenvalue weighted by Crippen LogP contribution is -2.24. The van der Waals surface area contributed by atoms with Gasteiger partial charge in [-0.15, -0.1) is 0 Å². The zero-order chi connectivity index (χ0) is 11.5. The molecule has 0 amide bonds. The summed E-state index contributed by atoms with van der Waals surface area (Å²) in [7, 11) is 1.98. The molecule has 1 N–H and O–H groups in total. The molecule has 0 saturated carbocycles. The van der Waals surface area contributed by atoms with Gasteiger partial charge in [0.25, 0.3) is 0 Å². The number of aromatic nitrogens is 2. The molecule has 0 spiro atoms. The van der Waals surface area contributed by atoms with Gasteiger partial charge in [-0.3, -0.25) is 4.68 Å². The molecule has 0 bridgehead atoms. The van der Waals surface area contributed by atoms with Crippen molar-refractivity contribution in [3.8, 4) is 0 Å². The Morgan fingerprint density at radius 1 is 1.62 bits per heavy atom. The quantitative estimate of drug-likeness (QED) is 0.839. The van der Waals surface area contributed by atoms with Crippen molar-refractivity contribution in [2.24, 2.45) is 13.0 Å². The second kappa shape index (κ2) is 4.97. The van der Waals surface area contributed by atoms with Gasteiger partial charge in [0, 0.05) is 37.4 Å². The standard InChI is InChI=1S/C12H21N3O/c1-4-13-7-10-5-6-16-12(10)11-8-14-15(3)9(11)2/h8,10,12-13H,4-7H2,1-3H3. The number of nitrogens with zero attached hydrogens (tertiary/aromatic N) is 2. The van der Waals surface area contributed by atoms with Gasteiger partial charge in [0.2, 0.25) is 0 Å². The molecule has 4 heteroatoms. The third-order valence-electron chi connectivity index (χ3n) is 3.45. The van der Waals surface area contributed by atoms with Crippen molar-refractivity contribution >= 4 is 0 Å². The molecule has 0 aromatic carbocycles. The second-order valence-electron chi connectivity index (χ2n) is 4.46. The first-order valence-corrected chi connectivity index (χ1v) is 6.04. The summed E-state index contributed by atoms with van der Waals surface area (Å²) in [6, 6.07) is 0. The van der Waals surface area contributed by atoms with E-state index in [2.05, 4.69) is 24.3 Å². The fourth-order valence-corrected chi connectivity index (χ4v) is 2.31. The molecule has 2 rings (SSSR count). The predicted molar refractivity (Wildman–Crippen MR) is 63.3 cm³/mol. The number of rotatable bonds is 4. The van der Waals surface area contributed by atoms with Crippen molar-refractivity contribution in [1.82, 2.24) is 15.1 Å². The molecule has 2 heterocycles. The molecular weight excluding hydrogens is 202 g/mol. The molecule has 1 saturated heterocycles. The molecule has 1 aromatic rings. The highest BCUT2D eigenvalue weighted by atomic mass is 16.5. The molecule has 0 aliphatic carbocycles. The zero-order valence-corrected chi connectivity index (χ0v) is 10.4. The molecule has 0 radical (unpaired) electrons. The van der Waals surface area contributed by atoms with Crippen LogP contribution in [0.5, 0.6) is 0 Å². The summed E-state index contributed by atoms with van der Waals surface area (Å²) in [6.45, 7) is 7.17. The Labute approximate surface area is 97.0 Å². The van der Waals surface area contributed by atoms with Crippen molar-refractivity contribution < 1.29 is 4.74 Å². The van der Waals surface area contributed by atoms with Crippen molar-refractivity contribution in [2.45, 2.75) is 26.4 Å². The Kier molecular flexibility index (Phi) is 3.61. The van der Waals surface area contributed by atoms with E-state index < -0.39 is 0 Å². The lowest BCUT2D eigenvalue weighted by molar-refractivity contribution is 0.0901. The Morgan fingerprint density at radius 3 is 3.06 bits per heavy atom. The van der Waals surface area contributed by atoms with Crippen LogP contribution in [0.2, 0.25) is 0 Å². The van der Waals surface area contributed by atoms with Crippen molar-refractivity contribution in [2.75, 3.05) is 19.7 Å². The SMILES string of the molecule is CCNCC1CCOC1c1cnn(C)c1C. The van der Waals surface area contributed by atoms with E-state index in [9.17, 15) is 0 Å². The van der Waals surface area contributed by atoms with Gasteiger partial charge in [0.1, 0.15) is 0 Å². The zero-order valence-electron chi connectivity index (χ0n) is 10.4. The Hall–Kier alpha value is -0.870. The highest BCUT2D eigenvalue weighted by Gasteiger charge is 2.31. The summed E-state index contributed by atoms with van der Waals surface area (Å²) >= 11 is 0. The Balaban J connectivity index is 2.10. The molecular formula is C12H21N3O. The van der Waals surface area contributed by atoms with Crippen LogP contribution in [-0.4, -0.2) is 29.5 Å². The van der Waals surface area contributed by atoms with E-state index in [4.69, 9.17) is 4.74 Å². The van der Waals surface area contributed by atoms with Crippen LogP contribution in [0.3, 0.4) is 0 Å². The first-order valence-electron chi connectivity index (χ1n) is 6.04. The summed E-state index contributed by atoms with van der Waals surface area (Å²) in [5, 5.41) is 7.70. The maximum atomic E-state index is 5.85. The summed E-state index contributed by atoms with van der Waals surface area (Å²) in [6.07, 6.45) is 3.32. The average molecular weight is 223 g/mol. The van der Waals surface area contributed by atoms with Gasteiger partial charge in [-0.05, 0) is 19.9 Å². The first-order chi connectivity index (χ1) is 7.74. The van der Waals surface area contributed by atoms with Crippen LogP contribution in [0.4, 0.5) is 0 Å². The van der Waals surface area contributed by atoms with Gasteiger partial charge in [-0.25, -0.2) is 0 Å². The van der Waals surface area contributed by atoms with E-state index >= 15 is 0 Å². The highest BCUT2D eigenvalue weighted by Crippen LogP contribution is 2.35. The molecule has 16 heavy (non-hydrogen) atoms. The molecule has 4 nitrogen and oxygen atoms in total. The molecule has 2 atom stereocenters. The fourth-order valence-electron chi connectivity index (χ4n) is 2.31. The number of nitrogens with one attached hydrogen (secondary N) is 1. The molecule has 2 unspecified atom stereocenters. The maximum absolute atomic E-state index is 5.85. The number of aryl methyl sites for hydroxylation is 1. The Morgan fingerprint density at radius 2 is 2.44 bits per heavy atom. The van der Waals surface area contributed by atoms with Crippen LogP contribution in [0.1, 0.15) is 30.7 Å². The van der Waals surface area contributed by atoms with Gasteiger partial charge >= 0.3 is 0 Å². The number of ether oxygens (including phenoxy) is 1. The van der Waals surface area contributed by atoms with Crippen LogP contribution in [0.15, 0.2) is 6.20 Å². The van der Waals surface area contributed by atoms with E-state index in [1.54, 1.807) is 0 Å². The van der Waals surface area contributed by atoms with Gasteiger partial charge < -0.3 is 10.1 Å². The van der Waals surface area contributed by atoms with Gasteiger partial charge in [-0.2, -0.15) is 5.10 Å². The first kappa shape index (κ1) is 11.6. The van der Waals surface area contributed by atoms with Crippen molar-refractivity contribution in [3.05, 3.63) is 17.5 Å². The normalized spacial score (nSPS) is 25.2. The summed E-state index contributed by atoms with van der Waals surface area (Å²) < 4.78 is 7.77. The molecule has 1 aliphatic heterocycles. The van der Waals surface area contributed by atoms with Crippen molar-refractivity contribution in [1.29, 1.82) is 0 Å².